The molecule has 0 saturated carbocycles. The number of aromatic amines is 1. The van der Waals surface area contributed by atoms with Crippen molar-refractivity contribution in [2.45, 2.75) is 24.3 Å². The van der Waals surface area contributed by atoms with Gasteiger partial charge in [0, 0.05) is 41.9 Å². The van der Waals surface area contributed by atoms with Gasteiger partial charge in [-0.05, 0) is 54.8 Å². The molecule has 0 fully saturated rings. The van der Waals surface area contributed by atoms with Crippen LogP contribution in [0.5, 0.6) is 0 Å². The molecule has 2 aromatic carbocycles. The van der Waals surface area contributed by atoms with Gasteiger partial charge in [0.25, 0.3) is 0 Å². The van der Waals surface area contributed by atoms with Gasteiger partial charge in [-0.25, -0.2) is 12.9 Å². The van der Waals surface area contributed by atoms with E-state index in [9.17, 15) is 8.60 Å². The Morgan fingerprint density at radius 3 is 2.92 bits per heavy atom. The highest BCUT2D eigenvalue weighted by molar-refractivity contribution is 7.83. The van der Waals surface area contributed by atoms with Gasteiger partial charge in [0.05, 0.1) is 4.90 Å². The standard InChI is InChI=1S/C19H19FN2O2S/c1-12-16-9-13(3-6-19(16)25(24)22(12)7-2-8-23)17-11-21-18-10-14(20)4-5-15(17)18/h3-6,9-12,21,23H,2,7-8H2,1H3. The number of hydrogen-bond donors (Lipinski definition) is 2. The van der Waals surface area contributed by atoms with Crippen molar-refractivity contribution in [2.75, 3.05) is 13.2 Å². The van der Waals surface area contributed by atoms with Gasteiger partial charge in [0.2, 0.25) is 0 Å². The van der Waals surface area contributed by atoms with Crippen LogP contribution >= 0.6 is 0 Å². The van der Waals surface area contributed by atoms with E-state index in [0.29, 0.717) is 13.0 Å². The Balaban J connectivity index is 1.75. The second-order valence-corrected chi connectivity index (χ2v) is 7.69. The van der Waals surface area contributed by atoms with E-state index in [1.165, 1.54) is 12.1 Å². The molecule has 2 heterocycles. The molecule has 0 spiro atoms. The van der Waals surface area contributed by atoms with E-state index in [4.69, 9.17) is 5.11 Å². The smallest absolute Gasteiger partial charge is 0.128 e. The molecule has 25 heavy (non-hydrogen) atoms. The maximum Gasteiger partial charge on any atom is 0.128 e. The number of halogens is 1. The number of benzene rings is 2. The third kappa shape index (κ3) is 2.70. The summed E-state index contributed by atoms with van der Waals surface area (Å²) in [6.45, 7) is 2.73. The average molecular weight is 358 g/mol. The molecule has 1 aliphatic rings. The zero-order valence-corrected chi connectivity index (χ0v) is 14.6. The van der Waals surface area contributed by atoms with Crippen molar-refractivity contribution in [3.05, 3.63) is 54.0 Å². The van der Waals surface area contributed by atoms with Crippen molar-refractivity contribution in [3.8, 4) is 11.1 Å². The van der Waals surface area contributed by atoms with Gasteiger partial charge in [0.1, 0.15) is 16.8 Å². The lowest BCUT2D eigenvalue weighted by atomic mass is 9.99. The Morgan fingerprint density at radius 1 is 1.28 bits per heavy atom. The fourth-order valence-corrected chi connectivity index (χ4v) is 5.03. The van der Waals surface area contributed by atoms with E-state index in [1.54, 1.807) is 6.07 Å². The largest absolute Gasteiger partial charge is 0.396 e. The second-order valence-electron chi connectivity index (χ2n) is 6.29. The number of nitrogens with zero attached hydrogens (tertiary/aromatic N) is 1. The fourth-order valence-electron chi connectivity index (χ4n) is 3.47. The summed E-state index contributed by atoms with van der Waals surface area (Å²) < 4.78 is 28.0. The number of nitrogens with one attached hydrogen (secondary N) is 1. The summed E-state index contributed by atoms with van der Waals surface area (Å²) in [6.07, 6.45) is 2.48. The summed E-state index contributed by atoms with van der Waals surface area (Å²) in [7, 11) is -1.19. The Morgan fingerprint density at radius 2 is 2.12 bits per heavy atom. The first-order valence-corrected chi connectivity index (χ1v) is 9.41. The highest BCUT2D eigenvalue weighted by Crippen LogP contribution is 2.40. The van der Waals surface area contributed by atoms with Crippen LogP contribution in [-0.4, -0.2) is 31.8 Å². The van der Waals surface area contributed by atoms with Gasteiger partial charge in [-0.2, -0.15) is 0 Å². The zero-order chi connectivity index (χ0) is 17.6. The molecule has 0 aliphatic carbocycles. The molecule has 2 unspecified atom stereocenters. The number of H-pyrrole nitrogens is 1. The van der Waals surface area contributed by atoms with Crippen LogP contribution in [0.1, 0.15) is 24.9 Å². The molecule has 4 rings (SSSR count). The van der Waals surface area contributed by atoms with Crippen molar-refractivity contribution in [1.29, 1.82) is 0 Å². The predicted molar refractivity (Wildman–Crippen MR) is 96.9 cm³/mol. The lowest BCUT2D eigenvalue weighted by molar-refractivity contribution is 0.262. The van der Waals surface area contributed by atoms with Crippen LogP contribution in [-0.2, 0) is 11.0 Å². The number of aliphatic hydroxyl groups excluding tert-OH is 1. The van der Waals surface area contributed by atoms with Crippen LogP contribution in [0.15, 0.2) is 47.5 Å². The Bertz CT molecular complexity index is 969. The number of rotatable bonds is 4. The van der Waals surface area contributed by atoms with Gasteiger partial charge >= 0.3 is 0 Å². The average Bonchev–Trinajstić information content (AvgIpc) is 3.13. The van der Waals surface area contributed by atoms with Crippen molar-refractivity contribution in [1.82, 2.24) is 9.29 Å². The molecule has 0 radical (unpaired) electrons. The molecular formula is C19H19FN2O2S. The van der Waals surface area contributed by atoms with Crippen molar-refractivity contribution in [2.24, 2.45) is 0 Å². The van der Waals surface area contributed by atoms with Crippen LogP contribution in [0.25, 0.3) is 22.0 Å². The Labute approximate surface area is 147 Å². The first-order valence-electron chi connectivity index (χ1n) is 8.30. The minimum atomic E-state index is -1.19. The predicted octanol–water partition coefficient (Wildman–Crippen LogP) is 3.76. The minimum Gasteiger partial charge on any atom is -0.396 e. The number of hydrogen-bond acceptors (Lipinski definition) is 2. The quantitative estimate of drug-likeness (QED) is 0.746. The molecule has 0 amide bonds. The topological polar surface area (TPSA) is 56.3 Å². The first-order chi connectivity index (χ1) is 12.1. The molecule has 1 aliphatic heterocycles. The lowest BCUT2D eigenvalue weighted by Crippen LogP contribution is -2.24. The molecule has 0 saturated heterocycles. The van der Waals surface area contributed by atoms with Gasteiger partial charge < -0.3 is 10.1 Å². The molecule has 4 nitrogen and oxygen atoms in total. The Hall–Kier alpha value is -2.02. The minimum absolute atomic E-state index is 0.0324. The summed E-state index contributed by atoms with van der Waals surface area (Å²) in [4.78, 5) is 3.95. The highest BCUT2D eigenvalue weighted by Gasteiger charge is 2.33. The summed E-state index contributed by atoms with van der Waals surface area (Å²) in [5.74, 6) is -0.265. The maximum atomic E-state index is 13.4. The number of fused-ring (bicyclic) bond motifs is 2. The van der Waals surface area contributed by atoms with Crippen molar-refractivity contribution >= 4 is 21.9 Å². The summed E-state index contributed by atoms with van der Waals surface area (Å²) in [6, 6.07) is 10.7. The van der Waals surface area contributed by atoms with Gasteiger partial charge in [-0.1, -0.05) is 6.07 Å². The molecule has 3 aromatic rings. The molecule has 0 bridgehead atoms. The van der Waals surface area contributed by atoms with Gasteiger partial charge in [-0.3, -0.25) is 0 Å². The third-order valence-corrected chi connectivity index (χ3v) is 6.46. The van der Waals surface area contributed by atoms with Crippen LogP contribution in [0, 0.1) is 5.82 Å². The first kappa shape index (κ1) is 16.4. The van der Waals surface area contributed by atoms with Crippen molar-refractivity contribution in [3.63, 3.8) is 0 Å². The van der Waals surface area contributed by atoms with Crippen LogP contribution in [0.3, 0.4) is 0 Å². The van der Waals surface area contributed by atoms with E-state index in [2.05, 4.69) is 11.1 Å². The van der Waals surface area contributed by atoms with Crippen LogP contribution in [0.4, 0.5) is 4.39 Å². The Kier molecular flexibility index (Phi) is 4.19. The van der Waals surface area contributed by atoms with E-state index in [1.807, 2.05) is 29.6 Å². The molecular weight excluding hydrogens is 339 g/mol. The highest BCUT2D eigenvalue weighted by atomic mass is 32.2. The summed E-state index contributed by atoms with van der Waals surface area (Å²) in [5, 5.41) is 10.0. The summed E-state index contributed by atoms with van der Waals surface area (Å²) in [5.41, 5.74) is 3.83. The third-order valence-electron chi connectivity index (χ3n) is 4.78. The van der Waals surface area contributed by atoms with Gasteiger partial charge in [0.15, 0.2) is 0 Å². The molecule has 2 atom stereocenters. The fraction of sp³-hybridized carbons (Fsp3) is 0.263. The van der Waals surface area contributed by atoms with E-state index in [0.717, 1.165) is 32.5 Å². The molecule has 6 heteroatoms. The van der Waals surface area contributed by atoms with E-state index in [-0.39, 0.29) is 18.5 Å². The normalized spacial score (nSPS) is 20.3. The lowest BCUT2D eigenvalue weighted by Gasteiger charge is -2.18. The van der Waals surface area contributed by atoms with Gasteiger partial charge in [-0.15, -0.1) is 0 Å². The summed E-state index contributed by atoms with van der Waals surface area (Å²) >= 11 is 0. The van der Waals surface area contributed by atoms with Crippen molar-refractivity contribution < 1.29 is 13.7 Å². The van der Waals surface area contributed by atoms with Crippen LogP contribution < -0.4 is 0 Å². The number of aromatic nitrogens is 1. The van der Waals surface area contributed by atoms with E-state index >= 15 is 0 Å². The van der Waals surface area contributed by atoms with Crippen LogP contribution in [0.2, 0.25) is 0 Å². The SMILES string of the molecule is CC1c2cc(-c3c[nH]c4cc(F)ccc34)ccc2S(=O)N1CCCO. The second kappa shape index (κ2) is 6.37. The molecule has 2 N–H and O–H groups in total. The zero-order valence-electron chi connectivity index (χ0n) is 13.8. The molecule has 130 valence electrons. The maximum absolute atomic E-state index is 13.4. The monoisotopic (exact) mass is 358 g/mol. The van der Waals surface area contributed by atoms with E-state index < -0.39 is 11.0 Å². The molecule has 1 aromatic heterocycles. The number of aliphatic hydroxyl groups is 1.